The van der Waals surface area contributed by atoms with E-state index in [1.165, 1.54) is 0 Å². The van der Waals surface area contributed by atoms with Gasteiger partial charge in [-0.3, -0.25) is 9.59 Å². The Morgan fingerprint density at radius 3 is 2.26 bits per heavy atom. The molecule has 1 N–H and O–H groups in total. The van der Waals surface area contributed by atoms with Crippen molar-refractivity contribution in [2.45, 2.75) is 45.6 Å². The zero-order chi connectivity index (χ0) is 17.0. The van der Waals surface area contributed by atoms with Gasteiger partial charge in [-0.1, -0.05) is 0 Å². The van der Waals surface area contributed by atoms with Crippen LogP contribution < -0.4 is 5.32 Å². The van der Waals surface area contributed by atoms with Gasteiger partial charge in [-0.2, -0.15) is 0 Å². The predicted octanol–water partition coefficient (Wildman–Crippen LogP) is 0.982. The number of nitrogens with one attached hydrogen (secondary N) is 1. The first-order valence-corrected chi connectivity index (χ1v) is 8.30. The average molecular weight is 325 g/mol. The molecular weight excluding hydrogens is 298 g/mol. The molecule has 0 aromatic rings. The monoisotopic (exact) mass is 325 g/mol. The van der Waals surface area contributed by atoms with Gasteiger partial charge in [0.25, 0.3) is 0 Å². The molecule has 2 rings (SSSR count). The van der Waals surface area contributed by atoms with Gasteiger partial charge in [-0.15, -0.1) is 0 Å². The molecule has 0 atom stereocenters. The SMILES string of the molecule is CC(C)(C)OC(=O)NCC(=O)N1CCCN(C(=O)C2CC2)CC1. The maximum absolute atomic E-state index is 12.2. The van der Waals surface area contributed by atoms with Crippen LogP contribution in [0.4, 0.5) is 4.79 Å². The van der Waals surface area contributed by atoms with Crippen LogP contribution in [-0.2, 0) is 14.3 Å². The quantitative estimate of drug-likeness (QED) is 0.839. The molecule has 0 bridgehead atoms. The summed E-state index contributed by atoms with van der Waals surface area (Å²) in [6, 6.07) is 0. The van der Waals surface area contributed by atoms with E-state index in [1.807, 2.05) is 4.90 Å². The molecule has 1 saturated heterocycles. The highest BCUT2D eigenvalue weighted by molar-refractivity contribution is 5.83. The van der Waals surface area contributed by atoms with Crippen molar-refractivity contribution in [3.05, 3.63) is 0 Å². The van der Waals surface area contributed by atoms with E-state index in [4.69, 9.17) is 4.74 Å². The van der Waals surface area contributed by atoms with Gasteiger partial charge in [-0.25, -0.2) is 4.79 Å². The first-order valence-electron chi connectivity index (χ1n) is 8.30. The summed E-state index contributed by atoms with van der Waals surface area (Å²) >= 11 is 0. The van der Waals surface area contributed by atoms with Gasteiger partial charge in [0.2, 0.25) is 11.8 Å². The van der Waals surface area contributed by atoms with Crippen molar-refractivity contribution in [2.75, 3.05) is 32.7 Å². The highest BCUT2D eigenvalue weighted by atomic mass is 16.6. The maximum atomic E-state index is 12.2. The van der Waals surface area contributed by atoms with Crippen LogP contribution in [0.3, 0.4) is 0 Å². The smallest absolute Gasteiger partial charge is 0.408 e. The maximum Gasteiger partial charge on any atom is 0.408 e. The van der Waals surface area contributed by atoms with Crippen molar-refractivity contribution in [3.63, 3.8) is 0 Å². The summed E-state index contributed by atoms with van der Waals surface area (Å²) in [5.41, 5.74) is -0.584. The zero-order valence-corrected chi connectivity index (χ0v) is 14.3. The molecule has 1 saturated carbocycles. The summed E-state index contributed by atoms with van der Waals surface area (Å²) in [4.78, 5) is 39.4. The van der Waals surface area contributed by atoms with E-state index >= 15 is 0 Å². The van der Waals surface area contributed by atoms with E-state index < -0.39 is 11.7 Å². The van der Waals surface area contributed by atoms with Crippen LogP contribution in [0, 0.1) is 5.92 Å². The third-order valence-electron chi connectivity index (χ3n) is 3.87. The molecule has 23 heavy (non-hydrogen) atoms. The molecule has 0 spiro atoms. The van der Waals surface area contributed by atoms with Gasteiger partial charge in [-0.05, 0) is 40.0 Å². The van der Waals surface area contributed by atoms with Gasteiger partial charge in [0.05, 0.1) is 0 Å². The van der Waals surface area contributed by atoms with Crippen molar-refractivity contribution in [1.82, 2.24) is 15.1 Å². The summed E-state index contributed by atoms with van der Waals surface area (Å²) in [7, 11) is 0. The number of ether oxygens (including phenoxy) is 1. The molecular formula is C16H27N3O4. The van der Waals surface area contributed by atoms with Crippen molar-refractivity contribution in [1.29, 1.82) is 0 Å². The second-order valence-electron chi connectivity index (χ2n) is 7.19. The molecule has 2 aliphatic rings. The summed E-state index contributed by atoms with van der Waals surface area (Å²) in [5.74, 6) is 0.300. The third kappa shape index (κ3) is 5.73. The lowest BCUT2D eigenvalue weighted by atomic mass is 10.2. The van der Waals surface area contributed by atoms with Gasteiger partial charge < -0.3 is 19.9 Å². The number of alkyl carbamates (subject to hydrolysis) is 1. The zero-order valence-electron chi connectivity index (χ0n) is 14.3. The lowest BCUT2D eigenvalue weighted by Crippen LogP contribution is -2.43. The number of hydrogen-bond donors (Lipinski definition) is 1. The molecule has 1 aliphatic carbocycles. The highest BCUT2D eigenvalue weighted by Crippen LogP contribution is 2.31. The minimum atomic E-state index is -0.591. The fourth-order valence-electron chi connectivity index (χ4n) is 2.55. The van der Waals surface area contributed by atoms with E-state index in [0.29, 0.717) is 26.2 Å². The lowest BCUT2D eigenvalue weighted by Gasteiger charge is -2.23. The number of rotatable bonds is 3. The minimum Gasteiger partial charge on any atom is -0.444 e. The first-order chi connectivity index (χ1) is 10.8. The Morgan fingerprint density at radius 1 is 1.04 bits per heavy atom. The fourth-order valence-corrected chi connectivity index (χ4v) is 2.55. The second kappa shape index (κ2) is 7.19. The fraction of sp³-hybridized carbons (Fsp3) is 0.812. The predicted molar refractivity (Wildman–Crippen MR) is 84.7 cm³/mol. The molecule has 0 radical (unpaired) electrons. The number of carbonyl (C=O) groups excluding carboxylic acids is 3. The number of carbonyl (C=O) groups is 3. The summed E-state index contributed by atoms with van der Waals surface area (Å²) in [5, 5.41) is 2.49. The molecule has 0 aromatic heterocycles. The molecule has 7 nitrogen and oxygen atoms in total. The van der Waals surface area contributed by atoms with Crippen LogP contribution in [0.1, 0.15) is 40.0 Å². The summed E-state index contributed by atoms with van der Waals surface area (Å²) in [6.45, 7) is 7.66. The van der Waals surface area contributed by atoms with Gasteiger partial charge in [0.15, 0.2) is 0 Å². The van der Waals surface area contributed by atoms with E-state index in [2.05, 4.69) is 5.32 Å². The van der Waals surface area contributed by atoms with Crippen molar-refractivity contribution in [2.24, 2.45) is 5.92 Å². The van der Waals surface area contributed by atoms with Crippen LogP contribution >= 0.6 is 0 Å². The Kier molecular flexibility index (Phi) is 5.49. The van der Waals surface area contributed by atoms with Crippen LogP contribution in [-0.4, -0.2) is 66.0 Å². The molecule has 7 heteroatoms. The van der Waals surface area contributed by atoms with E-state index in [9.17, 15) is 14.4 Å². The Morgan fingerprint density at radius 2 is 1.65 bits per heavy atom. The van der Waals surface area contributed by atoms with E-state index in [1.54, 1.807) is 25.7 Å². The van der Waals surface area contributed by atoms with Crippen molar-refractivity contribution >= 4 is 17.9 Å². The minimum absolute atomic E-state index is 0.0779. The largest absolute Gasteiger partial charge is 0.444 e. The molecule has 0 unspecified atom stereocenters. The Balaban J connectivity index is 1.74. The molecule has 1 heterocycles. The normalized spacial score (nSPS) is 19.1. The molecule has 130 valence electrons. The Hall–Kier alpha value is -1.79. The Bertz CT molecular complexity index is 468. The van der Waals surface area contributed by atoms with Crippen molar-refractivity contribution < 1.29 is 19.1 Å². The van der Waals surface area contributed by atoms with E-state index in [0.717, 1.165) is 19.3 Å². The second-order valence-corrected chi connectivity index (χ2v) is 7.19. The van der Waals surface area contributed by atoms with E-state index in [-0.39, 0.29) is 24.3 Å². The lowest BCUT2D eigenvalue weighted by molar-refractivity contribution is -0.133. The van der Waals surface area contributed by atoms with Crippen molar-refractivity contribution in [3.8, 4) is 0 Å². The topological polar surface area (TPSA) is 79.0 Å². The van der Waals surface area contributed by atoms with Gasteiger partial charge >= 0.3 is 6.09 Å². The van der Waals surface area contributed by atoms with Crippen LogP contribution in [0.2, 0.25) is 0 Å². The van der Waals surface area contributed by atoms with Gasteiger partial charge in [0, 0.05) is 32.1 Å². The number of nitrogens with zero attached hydrogens (tertiary/aromatic N) is 2. The molecule has 1 aliphatic heterocycles. The molecule has 2 fully saturated rings. The van der Waals surface area contributed by atoms with Crippen LogP contribution in [0.25, 0.3) is 0 Å². The van der Waals surface area contributed by atoms with Gasteiger partial charge in [0.1, 0.15) is 12.1 Å². The number of amides is 3. The number of hydrogen-bond acceptors (Lipinski definition) is 4. The highest BCUT2D eigenvalue weighted by Gasteiger charge is 2.34. The van der Waals surface area contributed by atoms with Crippen LogP contribution in [0.5, 0.6) is 0 Å². The molecule has 0 aromatic carbocycles. The first kappa shape index (κ1) is 17.6. The summed E-state index contributed by atoms with van der Waals surface area (Å²) in [6.07, 6.45) is 2.18. The Labute approximate surface area is 137 Å². The van der Waals surface area contributed by atoms with Crippen LogP contribution in [0.15, 0.2) is 0 Å². The standard InChI is InChI=1S/C16H27N3O4/c1-16(2,3)23-15(22)17-11-13(20)18-7-4-8-19(10-9-18)14(21)12-5-6-12/h12H,4-11H2,1-3H3,(H,17,22). The summed E-state index contributed by atoms with van der Waals surface area (Å²) < 4.78 is 5.11. The molecule has 3 amide bonds. The average Bonchev–Trinajstić information content (AvgIpc) is 3.27. The third-order valence-corrected chi connectivity index (χ3v) is 3.87.